The lowest BCUT2D eigenvalue weighted by Crippen LogP contribution is -2.26. The van der Waals surface area contributed by atoms with Crippen LogP contribution < -0.4 is 0 Å². The van der Waals surface area contributed by atoms with Crippen molar-refractivity contribution in [3.05, 3.63) is 0 Å². The molecule has 4 nitrogen and oxygen atoms in total. The lowest BCUT2D eigenvalue weighted by molar-refractivity contribution is 0.320. The molecule has 0 N–H and O–H groups in total. The van der Waals surface area contributed by atoms with Crippen molar-refractivity contribution in [3.8, 4) is 18.2 Å². The topological polar surface area (TPSA) is 74.6 Å². The standard InChI is InChI=1S/C8H10N4/c9-3-1-6-12(8-5-11)7-2-4-10/h1-2,6-8H2. The first kappa shape index (κ1) is 10.4. The van der Waals surface area contributed by atoms with Crippen LogP contribution in [0.3, 0.4) is 0 Å². The van der Waals surface area contributed by atoms with E-state index in [1.807, 2.05) is 18.2 Å². The van der Waals surface area contributed by atoms with Crippen LogP contribution in [-0.2, 0) is 0 Å². The van der Waals surface area contributed by atoms with Crippen LogP contribution in [0.4, 0.5) is 0 Å². The predicted molar refractivity (Wildman–Crippen MR) is 42.5 cm³/mol. The summed E-state index contributed by atoms with van der Waals surface area (Å²) in [6.45, 7) is 1.45. The normalized spacial score (nSPS) is 8.50. The maximum absolute atomic E-state index is 8.38. The van der Waals surface area contributed by atoms with Gasteiger partial charge in [0.05, 0.1) is 24.8 Å². The van der Waals surface area contributed by atoms with Crippen LogP contribution >= 0.6 is 0 Å². The molecule has 0 aromatic rings. The third-order valence-electron chi connectivity index (χ3n) is 1.37. The third-order valence-corrected chi connectivity index (χ3v) is 1.37. The van der Waals surface area contributed by atoms with Gasteiger partial charge in [0.25, 0.3) is 0 Å². The van der Waals surface area contributed by atoms with Gasteiger partial charge in [-0.3, -0.25) is 4.90 Å². The smallest absolute Gasteiger partial charge is 0.0866 e. The quantitative estimate of drug-likeness (QED) is 0.556. The number of hydrogen-bond acceptors (Lipinski definition) is 4. The van der Waals surface area contributed by atoms with Crippen molar-refractivity contribution in [3.63, 3.8) is 0 Å². The lowest BCUT2D eigenvalue weighted by Gasteiger charge is -2.14. The summed E-state index contributed by atoms with van der Waals surface area (Å²) in [7, 11) is 0. The predicted octanol–water partition coefficient (Wildman–Crippen LogP) is 0.639. The fraction of sp³-hybridized carbons (Fsp3) is 0.625. The maximum Gasteiger partial charge on any atom is 0.0866 e. The summed E-state index contributed by atoms with van der Waals surface area (Å²) in [6.07, 6.45) is 0.820. The average molecular weight is 162 g/mol. The van der Waals surface area contributed by atoms with E-state index in [-0.39, 0.29) is 0 Å². The molecule has 0 aromatic carbocycles. The van der Waals surface area contributed by atoms with Gasteiger partial charge in [-0.15, -0.1) is 0 Å². The summed E-state index contributed by atoms with van der Waals surface area (Å²) < 4.78 is 0. The molecule has 0 aromatic heterocycles. The molecule has 0 aliphatic rings. The van der Waals surface area contributed by atoms with Gasteiger partial charge in [0, 0.05) is 25.9 Å². The van der Waals surface area contributed by atoms with Crippen LogP contribution in [0.1, 0.15) is 12.8 Å². The van der Waals surface area contributed by atoms with E-state index in [0.717, 1.165) is 0 Å². The van der Waals surface area contributed by atoms with E-state index in [9.17, 15) is 0 Å². The molecule has 4 heteroatoms. The molecule has 62 valence electrons. The van der Waals surface area contributed by atoms with Gasteiger partial charge in [0.1, 0.15) is 0 Å². The molecule has 0 bridgehead atoms. The van der Waals surface area contributed by atoms with Crippen LogP contribution in [0.15, 0.2) is 0 Å². The first-order chi connectivity index (χ1) is 5.85. The molecule has 0 aliphatic carbocycles. The Kier molecular flexibility index (Phi) is 6.55. The van der Waals surface area contributed by atoms with Gasteiger partial charge in [-0.25, -0.2) is 0 Å². The summed E-state index contributed by atoms with van der Waals surface area (Å²) in [6, 6.07) is 5.99. The van der Waals surface area contributed by atoms with Gasteiger partial charge >= 0.3 is 0 Å². The second-order valence-electron chi connectivity index (χ2n) is 2.25. The molecule has 0 amide bonds. The minimum Gasteiger partial charge on any atom is -0.289 e. The van der Waals surface area contributed by atoms with Crippen molar-refractivity contribution < 1.29 is 0 Å². The third kappa shape index (κ3) is 5.23. The molecule has 0 unspecified atom stereocenters. The van der Waals surface area contributed by atoms with Gasteiger partial charge in [0.15, 0.2) is 0 Å². The summed E-state index contributed by atoms with van der Waals surface area (Å²) in [5.41, 5.74) is 0. The summed E-state index contributed by atoms with van der Waals surface area (Å²) in [5.74, 6) is 0. The van der Waals surface area contributed by atoms with E-state index in [1.165, 1.54) is 0 Å². The van der Waals surface area contributed by atoms with Crippen LogP contribution in [0.5, 0.6) is 0 Å². The molecule has 12 heavy (non-hydrogen) atoms. The van der Waals surface area contributed by atoms with Crippen LogP contribution in [0.2, 0.25) is 0 Å². The van der Waals surface area contributed by atoms with Crippen molar-refractivity contribution in [2.24, 2.45) is 0 Å². The Hall–Kier alpha value is -1.57. The van der Waals surface area contributed by atoms with Crippen LogP contribution in [0.25, 0.3) is 0 Å². The minimum absolute atomic E-state index is 0.295. The monoisotopic (exact) mass is 162 g/mol. The van der Waals surface area contributed by atoms with Gasteiger partial charge in [-0.2, -0.15) is 15.8 Å². The largest absolute Gasteiger partial charge is 0.289 e. The Morgan fingerprint density at radius 1 is 0.833 bits per heavy atom. The average Bonchev–Trinajstić information content (AvgIpc) is 2.10. The van der Waals surface area contributed by atoms with Crippen LogP contribution in [0, 0.1) is 34.0 Å². The van der Waals surface area contributed by atoms with Crippen molar-refractivity contribution in [2.75, 3.05) is 19.6 Å². The van der Waals surface area contributed by atoms with Gasteiger partial charge < -0.3 is 0 Å². The molecule has 0 spiro atoms. The Bertz CT molecular complexity index is 209. The summed E-state index contributed by atoms with van der Waals surface area (Å²) in [5, 5.41) is 24.9. The molecular weight excluding hydrogens is 152 g/mol. The Balaban J connectivity index is 3.66. The highest BCUT2D eigenvalue weighted by Crippen LogP contribution is 1.91. The molecule has 0 atom stereocenters. The zero-order chi connectivity index (χ0) is 9.23. The minimum atomic E-state index is 0.295. The number of rotatable bonds is 5. The highest BCUT2D eigenvalue weighted by molar-refractivity contribution is 4.82. The molecule has 0 aliphatic heterocycles. The van der Waals surface area contributed by atoms with Crippen molar-refractivity contribution in [2.45, 2.75) is 12.8 Å². The molecule has 0 radical (unpaired) electrons. The Morgan fingerprint density at radius 2 is 1.33 bits per heavy atom. The Labute approximate surface area is 72.2 Å². The second-order valence-corrected chi connectivity index (χ2v) is 2.25. The highest BCUT2D eigenvalue weighted by Gasteiger charge is 2.01. The first-order valence-electron chi connectivity index (χ1n) is 3.68. The van der Waals surface area contributed by atoms with Gasteiger partial charge in [0.2, 0.25) is 0 Å². The van der Waals surface area contributed by atoms with E-state index in [1.54, 1.807) is 4.90 Å². The van der Waals surface area contributed by atoms with Gasteiger partial charge in [-0.1, -0.05) is 0 Å². The molecule has 0 heterocycles. The van der Waals surface area contributed by atoms with E-state index in [0.29, 0.717) is 32.5 Å². The van der Waals surface area contributed by atoms with E-state index in [2.05, 4.69) is 0 Å². The SMILES string of the molecule is N#CCCN(CC#N)CCC#N. The Morgan fingerprint density at radius 3 is 1.67 bits per heavy atom. The number of hydrogen-bond donors (Lipinski definition) is 0. The van der Waals surface area contributed by atoms with Gasteiger partial charge in [-0.05, 0) is 0 Å². The van der Waals surface area contributed by atoms with E-state index in [4.69, 9.17) is 15.8 Å². The molecule has 0 fully saturated rings. The molecular formula is C8H10N4. The molecule has 0 rings (SSSR count). The second kappa shape index (κ2) is 7.54. The van der Waals surface area contributed by atoms with Crippen molar-refractivity contribution in [1.29, 1.82) is 15.8 Å². The van der Waals surface area contributed by atoms with Crippen molar-refractivity contribution >= 4 is 0 Å². The zero-order valence-corrected chi connectivity index (χ0v) is 6.82. The zero-order valence-electron chi connectivity index (χ0n) is 6.82. The lowest BCUT2D eigenvalue weighted by atomic mass is 10.3. The van der Waals surface area contributed by atoms with E-state index >= 15 is 0 Å². The number of nitriles is 3. The first-order valence-corrected chi connectivity index (χ1v) is 3.68. The van der Waals surface area contributed by atoms with Crippen LogP contribution in [-0.4, -0.2) is 24.5 Å². The molecule has 0 saturated heterocycles. The maximum atomic E-state index is 8.38. The number of nitrogens with zero attached hydrogens (tertiary/aromatic N) is 4. The fourth-order valence-corrected chi connectivity index (χ4v) is 0.786. The fourth-order valence-electron chi connectivity index (χ4n) is 0.786. The highest BCUT2D eigenvalue weighted by atomic mass is 15.1. The summed E-state index contributed by atoms with van der Waals surface area (Å²) >= 11 is 0. The van der Waals surface area contributed by atoms with E-state index < -0.39 is 0 Å². The van der Waals surface area contributed by atoms with Crippen molar-refractivity contribution in [1.82, 2.24) is 4.90 Å². The summed E-state index contributed by atoms with van der Waals surface area (Å²) in [4.78, 5) is 1.80. The molecule has 0 saturated carbocycles.